The summed E-state index contributed by atoms with van der Waals surface area (Å²) in [5.74, 6) is 3.93. The highest BCUT2D eigenvalue weighted by Crippen LogP contribution is 2.58. The number of rotatable bonds is 1. The minimum absolute atomic E-state index is 0.360. The van der Waals surface area contributed by atoms with Crippen LogP contribution in [0.5, 0.6) is 0 Å². The average molecular weight is 271 g/mol. The number of aromatic nitrogens is 2. The Bertz CT molecular complexity index is 504. The van der Waals surface area contributed by atoms with Gasteiger partial charge in [-0.05, 0) is 80.6 Å². The van der Waals surface area contributed by atoms with Crippen molar-refractivity contribution in [1.29, 1.82) is 0 Å². The predicted octanol–water partition coefficient (Wildman–Crippen LogP) is 2.70. The van der Waals surface area contributed by atoms with Crippen LogP contribution in [0.2, 0.25) is 0 Å². The molecule has 0 spiro atoms. The first-order valence-corrected chi connectivity index (χ1v) is 8.58. The summed E-state index contributed by atoms with van der Waals surface area (Å²) in [5, 5.41) is 4.99. The van der Waals surface area contributed by atoms with Gasteiger partial charge in [0.05, 0.1) is 11.7 Å². The van der Waals surface area contributed by atoms with Crippen LogP contribution >= 0.6 is 0 Å². The van der Waals surface area contributed by atoms with Crippen molar-refractivity contribution < 1.29 is 0 Å². The molecule has 5 aliphatic rings. The van der Waals surface area contributed by atoms with E-state index in [4.69, 9.17) is 10.8 Å². The van der Waals surface area contributed by atoms with Crippen LogP contribution in [0, 0.1) is 23.7 Å². The third-order valence-corrected chi connectivity index (χ3v) is 6.61. The maximum atomic E-state index is 6.12. The van der Waals surface area contributed by atoms with Crippen LogP contribution in [0.4, 0.5) is 0 Å². The molecule has 4 saturated carbocycles. The molecule has 2 N–H and O–H groups in total. The Morgan fingerprint density at radius 1 is 1.05 bits per heavy atom. The van der Waals surface area contributed by atoms with E-state index in [9.17, 15) is 0 Å². The molecule has 6 rings (SSSR count). The Morgan fingerprint density at radius 3 is 2.45 bits per heavy atom. The second-order valence-corrected chi connectivity index (χ2v) is 8.01. The van der Waals surface area contributed by atoms with Gasteiger partial charge in [-0.15, -0.1) is 0 Å². The van der Waals surface area contributed by atoms with E-state index in [1.807, 2.05) is 0 Å². The molecule has 4 bridgehead atoms. The van der Waals surface area contributed by atoms with Gasteiger partial charge in [0.2, 0.25) is 0 Å². The van der Waals surface area contributed by atoms with Gasteiger partial charge in [-0.1, -0.05) is 0 Å². The Hall–Kier alpha value is -0.830. The van der Waals surface area contributed by atoms with Crippen molar-refractivity contribution in [3.05, 3.63) is 17.5 Å². The zero-order valence-corrected chi connectivity index (χ0v) is 12.2. The topological polar surface area (TPSA) is 43.8 Å². The van der Waals surface area contributed by atoms with Crippen molar-refractivity contribution in [1.82, 2.24) is 9.78 Å². The molecular formula is C17H25N3. The van der Waals surface area contributed by atoms with Crippen molar-refractivity contribution in [2.75, 3.05) is 0 Å². The van der Waals surface area contributed by atoms with Crippen LogP contribution in [-0.4, -0.2) is 15.8 Å². The second kappa shape index (κ2) is 4.09. The van der Waals surface area contributed by atoms with Crippen LogP contribution < -0.4 is 5.73 Å². The van der Waals surface area contributed by atoms with Crippen molar-refractivity contribution in [2.45, 2.75) is 63.5 Å². The summed E-state index contributed by atoms with van der Waals surface area (Å²) in [7, 11) is 0. The fourth-order valence-corrected chi connectivity index (χ4v) is 6.04. The highest BCUT2D eigenvalue weighted by atomic mass is 15.3. The Morgan fingerprint density at radius 2 is 1.75 bits per heavy atom. The van der Waals surface area contributed by atoms with E-state index in [-0.39, 0.29) is 0 Å². The third-order valence-electron chi connectivity index (χ3n) is 6.61. The van der Waals surface area contributed by atoms with Gasteiger partial charge in [0.1, 0.15) is 0 Å². The minimum Gasteiger partial charge on any atom is -0.327 e. The average Bonchev–Trinajstić information content (AvgIpc) is 2.79. The standard InChI is InChI=1S/C17H25N3/c18-15-1-2-16-14(8-15)9-20(19-16)17-12-4-10-3-11(6-12)7-13(17)5-10/h9-13,15,17H,1-8,18H2. The molecule has 3 heteroatoms. The molecule has 5 aliphatic carbocycles. The molecular weight excluding hydrogens is 246 g/mol. The monoisotopic (exact) mass is 271 g/mol. The number of fused-ring (bicyclic) bond motifs is 1. The fraction of sp³-hybridized carbons (Fsp3) is 0.824. The highest BCUT2D eigenvalue weighted by molar-refractivity contribution is 5.22. The maximum Gasteiger partial charge on any atom is 0.0657 e. The molecule has 1 atom stereocenters. The largest absolute Gasteiger partial charge is 0.327 e. The van der Waals surface area contributed by atoms with Crippen LogP contribution in [0.15, 0.2) is 6.20 Å². The third kappa shape index (κ3) is 1.65. The molecule has 1 unspecified atom stereocenters. The molecule has 0 aromatic carbocycles. The van der Waals surface area contributed by atoms with Gasteiger partial charge in [-0.25, -0.2) is 0 Å². The lowest BCUT2D eigenvalue weighted by molar-refractivity contribution is -0.0337. The van der Waals surface area contributed by atoms with Gasteiger partial charge < -0.3 is 5.73 Å². The molecule has 0 radical (unpaired) electrons. The van der Waals surface area contributed by atoms with Crippen LogP contribution in [0.3, 0.4) is 0 Å². The van der Waals surface area contributed by atoms with Gasteiger partial charge in [-0.3, -0.25) is 4.68 Å². The van der Waals surface area contributed by atoms with Crippen LogP contribution in [0.25, 0.3) is 0 Å². The summed E-state index contributed by atoms with van der Waals surface area (Å²) in [6.45, 7) is 0. The first-order chi connectivity index (χ1) is 9.76. The summed E-state index contributed by atoms with van der Waals surface area (Å²) in [5.41, 5.74) is 8.91. The van der Waals surface area contributed by atoms with E-state index in [0.717, 1.165) is 42.9 Å². The number of hydrogen-bond acceptors (Lipinski definition) is 2. The summed E-state index contributed by atoms with van der Waals surface area (Å²) >= 11 is 0. The summed E-state index contributed by atoms with van der Waals surface area (Å²) in [6, 6.07) is 1.07. The smallest absolute Gasteiger partial charge is 0.0657 e. The zero-order valence-electron chi connectivity index (χ0n) is 12.2. The highest BCUT2D eigenvalue weighted by Gasteiger charge is 2.49. The minimum atomic E-state index is 0.360. The van der Waals surface area contributed by atoms with Crippen molar-refractivity contribution in [3.63, 3.8) is 0 Å². The van der Waals surface area contributed by atoms with Gasteiger partial charge in [-0.2, -0.15) is 5.10 Å². The molecule has 20 heavy (non-hydrogen) atoms. The maximum absolute atomic E-state index is 6.12. The van der Waals surface area contributed by atoms with E-state index in [2.05, 4.69) is 10.9 Å². The lowest BCUT2D eigenvalue weighted by Gasteiger charge is -2.54. The molecule has 0 saturated heterocycles. The SMILES string of the molecule is NC1CCc2nn(C3C4CC5CC(C4)CC3C5)cc2C1. The number of nitrogens with two attached hydrogens (primary N) is 1. The summed E-state index contributed by atoms with van der Waals surface area (Å²) in [4.78, 5) is 0. The van der Waals surface area contributed by atoms with Gasteiger partial charge in [0.25, 0.3) is 0 Å². The van der Waals surface area contributed by atoms with E-state index < -0.39 is 0 Å². The Labute approximate surface area is 120 Å². The zero-order chi connectivity index (χ0) is 13.3. The first kappa shape index (κ1) is 11.8. The number of aryl methyl sites for hydroxylation is 1. The van der Waals surface area contributed by atoms with Crippen molar-refractivity contribution in [2.24, 2.45) is 29.4 Å². The second-order valence-electron chi connectivity index (χ2n) is 8.01. The lowest BCUT2D eigenvalue weighted by atomic mass is 9.54. The van der Waals surface area contributed by atoms with Crippen LogP contribution in [-0.2, 0) is 12.8 Å². The first-order valence-electron chi connectivity index (χ1n) is 8.58. The van der Waals surface area contributed by atoms with Crippen molar-refractivity contribution >= 4 is 0 Å². The number of nitrogens with zero attached hydrogens (tertiary/aromatic N) is 2. The summed E-state index contributed by atoms with van der Waals surface area (Å²) < 4.78 is 2.38. The van der Waals surface area contributed by atoms with E-state index in [1.165, 1.54) is 43.4 Å². The molecule has 4 fully saturated rings. The van der Waals surface area contributed by atoms with Crippen LogP contribution in [0.1, 0.15) is 55.8 Å². The molecule has 1 aromatic rings. The van der Waals surface area contributed by atoms with E-state index in [1.54, 1.807) is 0 Å². The molecule has 108 valence electrons. The van der Waals surface area contributed by atoms with E-state index >= 15 is 0 Å². The fourth-order valence-electron chi connectivity index (χ4n) is 6.04. The van der Waals surface area contributed by atoms with E-state index in [0.29, 0.717) is 12.1 Å². The molecule has 1 heterocycles. The quantitative estimate of drug-likeness (QED) is 0.853. The number of hydrogen-bond donors (Lipinski definition) is 1. The lowest BCUT2D eigenvalue weighted by Crippen LogP contribution is -2.46. The molecule has 0 amide bonds. The Kier molecular flexibility index (Phi) is 2.41. The molecule has 3 nitrogen and oxygen atoms in total. The summed E-state index contributed by atoms with van der Waals surface area (Å²) in [6.07, 6.45) is 13.0. The molecule has 1 aromatic heterocycles. The van der Waals surface area contributed by atoms with Gasteiger partial charge >= 0.3 is 0 Å². The molecule has 0 aliphatic heterocycles. The van der Waals surface area contributed by atoms with Crippen molar-refractivity contribution in [3.8, 4) is 0 Å². The van der Waals surface area contributed by atoms with Gasteiger partial charge in [0.15, 0.2) is 0 Å². The Balaban J connectivity index is 1.48. The predicted molar refractivity (Wildman–Crippen MR) is 78.3 cm³/mol. The normalized spacial score (nSPS) is 45.6. The van der Waals surface area contributed by atoms with Gasteiger partial charge in [0, 0.05) is 12.2 Å².